The molecule has 1 aliphatic rings. The average Bonchev–Trinajstić information content (AvgIpc) is 2.24. The second-order valence-corrected chi connectivity index (χ2v) is 6.04. The van der Waals surface area contributed by atoms with E-state index in [0.29, 0.717) is 18.3 Å². The summed E-state index contributed by atoms with van der Waals surface area (Å²) < 4.78 is 38.1. The van der Waals surface area contributed by atoms with Gasteiger partial charge in [0.05, 0.1) is 4.99 Å². The predicted octanol–water partition coefficient (Wildman–Crippen LogP) is 2.28. The summed E-state index contributed by atoms with van der Waals surface area (Å²) in [7, 11) is 0. The molecule has 0 saturated carbocycles. The van der Waals surface area contributed by atoms with Gasteiger partial charge >= 0.3 is 6.18 Å². The maximum atomic E-state index is 12.7. The molecule has 0 radical (unpaired) electrons. The minimum absolute atomic E-state index is 0.101. The number of hydrogen-bond acceptors (Lipinski definition) is 3. The molecule has 0 bridgehead atoms. The Morgan fingerprint density at radius 2 is 2.24 bits per heavy atom. The van der Waals surface area contributed by atoms with Crippen LogP contribution in [0.25, 0.3) is 0 Å². The maximum Gasteiger partial charge on any atom is 0.399 e. The number of thiocarbonyl (C=S) groups is 1. The van der Waals surface area contributed by atoms with E-state index in [2.05, 4.69) is 19.1 Å². The van der Waals surface area contributed by atoms with E-state index < -0.39 is 17.1 Å². The SMILES string of the molecule is CCC1CN(CC(C(N)=S)C(F)(F)F)CCS1. The van der Waals surface area contributed by atoms with Crippen molar-refractivity contribution in [2.75, 3.05) is 25.4 Å². The third-order valence-corrected chi connectivity index (χ3v) is 4.51. The molecule has 17 heavy (non-hydrogen) atoms. The van der Waals surface area contributed by atoms with E-state index in [0.717, 1.165) is 12.2 Å². The first kappa shape index (κ1) is 15.0. The Hall–Kier alpha value is -0.0100. The smallest absolute Gasteiger partial charge is 0.393 e. The van der Waals surface area contributed by atoms with Gasteiger partial charge in [0.15, 0.2) is 0 Å². The van der Waals surface area contributed by atoms with Crippen LogP contribution in [0, 0.1) is 5.92 Å². The largest absolute Gasteiger partial charge is 0.399 e. The van der Waals surface area contributed by atoms with Crippen molar-refractivity contribution in [3.8, 4) is 0 Å². The van der Waals surface area contributed by atoms with Gasteiger partial charge in [-0.2, -0.15) is 24.9 Å². The molecule has 1 saturated heterocycles. The van der Waals surface area contributed by atoms with Crippen molar-refractivity contribution in [2.24, 2.45) is 11.7 Å². The van der Waals surface area contributed by atoms with Gasteiger partial charge in [-0.15, -0.1) is 0 Å². The number of alkyl halides is 3. The lowest BCUT2D eigenvalue weighted by Crippen LogP contribution is -2.47. The first-order valence-electron chi connectivity index (χ1n) is 5.54. The molecule has 0 spiro atoms. The first-order valence-corrected chi connectivity index (χ1v) is 7.00. The molecular weight excluding hydrogens is 269 g/mol. The summed E-state index contributed by atoms with van der Waals surface area (Å²) in [5, 5.41) is 0.420. The third-order valence-electron chi connectivity index (χ3n) is 2.86. The zero-order valence-electron chi connectivity index (χ0n) is 9.67. The van der Waals surface area contributed by atoms with Crippen molar-refractivity contribution >= 4 is 29.0 Å². The minimum atomic E-state index is -4.34. The number of nitrogens with zero attached hydrogens (tertiary/aromatic N) is 1. The molecule has 1 fully saturated rings. The third kappa shape index (κ3) is 4.63. The molecule has 100 valence electrons. The number of hydrogen-bond donors (Lipinski definition) is 1. The van der Waals surface area contributed by atoms with Crippen molar-refractivity contribution in [3.05, 3.63) is 0 Å². The number of nitrogens with two attached hydrogens (primary N) is 1. The van der Waals surface area contributed by atoms with Crippen LogP contribution in [0.3, 0.4) is 0 Å². The van der Waals surface area contributed by atoms with Crippen LogP contribution in [0.2, 0.25) is 0 Å². The van der Waals surface area contributed by atoms with Crippen LogP contribution in [0.4, 0.5) is 13.2 Å². The molecular formula is C10H17F3N2S2. The summed E-state index contributed by atoms with van der Waals surface area (Å²) in [5.41, 5.74) is 5.19. The molecule has 2 nitrogen and oxygen atoms in total. The Balaban J connectivity index is 2.58. The van der Waals surface area contributed by atoms with Crippen LogP contribution in [0.5, 0.6) is 0 Å². The number of halogens is 3. The number of rotatable bonds is 4. The van der Waals surface area contributed by atoms with E-state index in [9.17, 15) is 13.2 Å². The Bertz CT molecular complexity index is 271. The molecule has 2 atom stereocenters. The average molecular weight is 286 g/mol. The van der Waals surface area contributed by atoms with E-state index in [4.69, 9.17) is 5.73 Å². The fraction of sp³-hybridized carbons (Fsp3) is 0.900. The lowest BCUT2D eigenvalue weighted by Gasteiger charge is -2.34. The van der Waals surface area contributed by atoms with Gasteiger partial charge in [0.1, 0.15) is 5.92 Å². The summed E-state index contributed by atoms with van der Waals surface area (Å²) in [4.78, 5) is 1.37. The lowest BCUT2D eigenvalue weighted by molar-refractivity contribution is -0.159. The van der Waals surface area contributed by atoms with E-state index in [1.165, 1.54) is 0 Å². The molecule has 0 amide bonds. The van der Waals surface area contributed by atoms with Crippen molar-refractivity contribution in [1.29, 1.82) is 0 Å². The van der Waals surface area contributed by atoms with Crippen LogP contribution >= 0.6 is 24.0 Å². The van der Waals surface area contributed by atoms with Gasteiger partial charge in [0.2, 0.25) is 0 Å². The Morgan fingerprint density at radius 1 is 1.59 bits per heavy atom. The summed E-state index contributed by atoms with van der Waals surface area (Å²) in [5.74, 6) is -0.807. The van der Waals surface area contributed by atoms with E-state index >= 15 is 0 Å². The molecule has 0 aliphatic carbocycles. The molecule has 1 rings (SSSR count). The summed E-state index contributed by atoms with van der Waals surface area (Å²) >= 11 is 6.34. The van der Waals surface area contributed by atoms with Crippen LogP contribution < -0.4 is 5.73 Å². The van der Waals surface area contributed by atoms with Crippen molar-refractivity contribution in [3.63, 3.8) is 0 Å². The summed E-state index contributed by atoms with van der Waals surface area (Å²) in [6.45, 7) is 3.32. The van der Waals surface area contributed by atoms with Gasteiger partial charge in [-0.25, -0.2) is 0 Å². The Labute approximate surface area is 109 Å². The highest BCUT2D eigenvalue weighted by molar-refractivity contribution is 8.00. The standard InChI is InChI=1S/C10H17F3N2S2/c1-2-7-5-15(3-4-17-7)6-8(9(14)16)10(11,12)13/h7-8H,2-6H2,1H3,(H2,14,16). The van der Waals surface area contributed by atoms with Gasteiger partial charge in [0, 0.05) is 30.6 Å². The highest BCUT2D eigenvalue weighted by Crippen LogP contribution is 2.29. The summed E-state index contributed by atoms with van der Waals surface area (Å²) in [6, 6.07) is 0. The van der Waals surface area contributed by atoms with Gasteiger partial charge in [0.25, 0.3) is 0 Å². The second kappa shape index (κ2) is 6.24. The van der Waals surface area contributed by atoms with Crippen LogP contribution in [-0.2, 0) is 0 Å². The van der Waals surface area contributed by atoms with Crippen LogP contribution in [0.15, 0.2) is 0 Å². The molecule has 1 heterocycles. The quantitative estimate of drug-likeness (QED) is 0.803. The van der Waals surface area contributed by atoms with Gasteiger partial charge < -0.3 is 10.6 Å². The maximum absolute atomic E-state index is 12.7. The predicted molar refractivity (Wildman–Crippen MR) is 69.3 cm³/mol. The molecule has 1 aliphatic heterocycles. The molecule has 2 unspecified atom stereocenters. The zero-order valence-corrected chi connectivity index (χ0v) is 11.3. The zero-order chi connectivity index (χ0) is 13.1. The first-order chi connectivity index (χ1) is 7.84. The molecule has 2 N–H and O–H groups in total. The number of thioether (sulfide) groups is 1. The summed E-state index contributed by atoms with van der Waals surface area (Å²) in [6.07, 6.45) is -3.36. The van der Waals surface area contributed by atoms with Crippen molar-refractivity contribution < 1.29 is 13.2 Å². The highest BCUT2D eigenvalue weighted by Gasteiger charge is 2.42. The van der Waals surface area contributed by atoms with E-state index in [1.54, 1.807) is 0 Å². The Morgan fingerprint density at radius 3 is 2.71 bits per heavy atom. The Kier molecular flexibility index (Phi) is 5.53. The lowest BCUT2D eigenvalue weighted by atomic mass is 10.1. The minimum Gasteiger partial charge on any atom is -0.393 e. The van der Waals surface area contributed by atoms with Gasteiger partial charge in [-0.3, -0.25) is 0 Å². The molecule has 0 aromatic carbocycles. The molecule has 0 aromatic rings. The van der Waals surface area contributed by atoms with E-state index in [-0.39, 0.29) is 6.54 Å². The normalized spacial score (nSPS) is 24.6. The van der Waals surface area contributed by atoms with Crippen molar-refractivity contribution in [2.45, 2.75) is 24.8 Å². The topological polar surface area (TPSA) is 29.3 Å². The van der Waals surface area contributed by atoms with Gasteiger partial charge in [-0.1, -0.05) is 19.1 Å². The van der Waals surface area contributed by atoms with Crippen LogP contribution in [0.1, 0.15) is 13.3 Å². The fourth-order valence-electron chi connectivity index (χ4n) is 1.81. The molecule has 0 aromatic heterocycles. The van der Waals surface area contributed by atoms with Crippen LogP contribution in [-0.4, -0.2) is 46.7 Å². The second-order valence-electron chi connectivity index (χ2n) is 4.16. The fourth-order valence-corrected chi connectivity index (χ4v) is 3.26. The molecule has 7 heteroatoms. The van der Waals surface area contributed by atoms with Gasteiger partial charge in [-0.05, 0) is 6.42 Å². The van der Waals surface area contributed by atoms with E-state index in [1.807, 2.05) is 16.7 Å². The highest BCUT2D eigenvalue weighted by atomic mass is 32.2. The monoisotopic (exact) mass is 286 g/mol. The van der Waals surface area contributed by atoms with Crippen molar-refractivity contribution in [1.82, 2.24) is 4.90 Å².